The van der Waals surface area contributed by atoms with E-state index in [1.165, 1.54) is 27.8 Å². The van der Waals surface area contributed by atoms with Crippen LogP contribution in [0.15, 0.2) is 42.5 Å². The smallest absolute Gasteiger partial charge is 0.0266 e. The van der Waals surface area contributed by atoms with Crippen molar-refractivity contribution in [2.24, 2.45) is 5.73 Å². The van der Waals surface area contributed by atoms with Gasteiger partial charge in [0.25, 0.3) is 0 Å². The predicted octanol–water partition coefficient (Wildman–Crippen LogP) is 4.50. The topological polar surface area (TPSA) is 26.0 Å². The molecule has 2 aromatic carbocycles. The number of hydrogen-bond donors (Lipinski definition) is 1. The Morgan fingerprint density at radius 2 is 1.63 bits per heavy atom. The monoisotopic (exact) mass is 253 g/mol. The highest BCUT2D eigenvalue weighted by atomic mass is 14.6. The molecule has 0 aliphatic rings. The van der Waals surface area contributed by atoms with Crippen molar-refractivity contribution in [1.82, 2.24) is 0 Å². The molecule has 2 rings (SSSR count). The SMILES string of the molecule is CCc1ccc(CC)c(-c2ccc(C(C)N)cc2)c1. The zero-order valence-corrected chi connectivity index (χ0v) is 12.1. The summed E-state index contributed by atoms with van der Waals surface area (Å²) in [7, 11) is 0. The summed E-state index contributed by atoms with van der Waals surface area (Å²) in [6, 6.07) is 15.6. The summed E-state index contributed by atoms with van der Waals surface area (Å²) in [4.78, 5) is 0. The number of benzene rings is 2. The molecule has 0 aromatic heterocycles. The fourth-order valence-electron chi connectivity index (χ4n) is 2.39. The molecule has 0 bridgehead atoms. The maximum absolute atomic E-state index is 5.90. The summed E-state index contributed by atoms with van der Waals surface area (Å²) in [5.74, 6) is 0. The van der Waals surface area contributed by atoms with Crippen LogP contribution < -0.4 is 5.73 Å². The summed E-state index contributed by atoms with van der Waals surface area (Å²) in [5.41, 5.74) is 12.5. The second-order valence-corrected chi connectivity index (χ2v) is 5.11. The predicted molar refractivity (Wildman–Crippen MR) is 83.2 cm³/mol. The largest absolute Gasteiger partial charge is 0.324 e. The van der Waals surface area contributed by atoms with Crippen molar-refractivity contribution in [2.75, 3.05) is 0 Å². The van der Waals surface area contributed by atoms with Gasteiger partial charge in [0.2, 0.25) is 0 Å². The van der Waals surface area contributed by atoms with Gasteiger partial charge >= 0.3 is 0 Å². The normalized spacial score (nSPS) is 12.4. The first kappa shape index (κ1) is 13.8. The summed E-state index contributed by atoms with van der Waals surface area (Å²) >= 11 is 0. The van der Waals surface area contributed by atoms with Crippen LogP contribution in [0.25, 0.3) is 11.1 Å². The Morgan fingerprint density at radius 3 is 2.16 bits per heavy atom. The van der Waals surface area contributed by atoms with Crippen LogP contribution in [0.5, 0.6) is 0 Å². The Kier molecular flexibility index (Phi) is 4.39. The quantitative estimate of drug-likeness (QED) is 0.853. The number of nitrogens with two attached hydrogens (primary N) is 1. The van der Waals surface area contributed by atoms with Gasteiger partial charge in [0.1, 0.15) is 0 Å². The van der Waals surface area contributed by atoms with Crippen LogP contribution in [0.2, 0.25) is 0 Å². The van der Waals surface area contributed by atoms with Crippen LogP contribution in [-0.2, 0) is 12.8 Å². The molecule has 0 amide bonds. The summed E-state index contributed by atoms with van der Waals surface area (Å²) in [5, 5.41) is 0. The highest BCUT2D eigenvalue weighted by Crippen LogP contribution is 2.27. The van der Waals surface area contributed by atoms with E-state index < -0.39 is 0 Å². The van der Waals surface area contributed by atoms with Crippen LogP contribution in [0.1, 0.15) is 43.5 Å². The lowest BCUT2D eigenvalue weighted by molar-refractivity contribution is 0.818. The minimum atomic E-state index is 0.0988. The molecule has 0 saturated carbocycles. The van der Waals surface area contributed by atoms with Crippen LogP contribution >= 0.6 is 0 Å². The molecule has 0 heterocycles. The number of hydrogen-bond acceptors (Lipinski definition) is 1. The third-order valence-corrected chi connectivity index (χ3v) is 3.71. The van der Waals surface area contributed by atoms with Crippen LogP contribution in [-0.4, -0.2) is 0 Å². The minimum Gasteiger partial charge on any atom is -0.324 e. The molecule has 19 heavy (non-hydrogen) atoms. The molecule has 1 heteroatoms. The van der Waals surface area contributed by atoms with Gasteiger partial charge in [-0.1, -0.05) is 56.3 Å². The zero-order valence-electron chi connectivity index (χ0n) is 12.1. The Morgan fingerprint density at radius 1 is 0.947 bits per heavy atom. The van der Waals surface area contributed by atoms with Gasteiger partial charge < -0.3 is 5.73 Å². The van der Waals surface area contributed by atoms with Crippen molar-refractivity contribution < 1.29 is 0 Å². The Bertz CT molecular complexity index is 538. The molecule has 2 aromatic rings. The second-order valence-electron chi connectivity index (χ2n) is 5.11. The lowest BCUT2D eigenvalue weighted by Crippen LogP contribution is -2.04. The van der Waals surface area contributed by atoms with Gasteiger partial charge in [0, 0.05) is 6.04 Å². The van der Waals surface area contributed by atoms with E-state index in [9.17, 15) is 0 Å². The summed E-state index contributed by atoms with van der Waals surface area (Å²) in [6.07, 6.45) is 2.14. The van der Waals surface area contributed by atoms with E-state index in [4.69, 9.17) is 5.73 Å². The van der Waals surface area contributed by atoms with E-state index in [2.05, 4.69) is 56.3 Å². The second kappa shape index (κ2) is 6.03. The summed E-state index contributed by atoms with van der Waals surface area (Å²) in [6.45, 7) is 6.43. The van der Waals surface area contributed by atoms with Crippen molar-refractivity contribution in [3.05, 3.63) is 59.2 Å². The molecular weight excluding hydrogens is 230 g/mol. The van der Waals surface area contributed by atoms with Crippen molar-refractivity contribution in [1.29, 1.82) is 0 Å². The maximum atomic E-state index is 5.90. The summed E-state index contributed by atoms with van der Waals surface area (Å²) < 4.78 is 0. The highest BCUT2D eigenvalue weighted by molar-refractivity contribution is 5.68. The fraction of sp³-hybridized carbons (Fsp3) is 0.333. The molecule has 1 atom stereocenters. The molecule has 1 nitrogen and oxygen atoms in total. The van der Waals surface area contributed by atoms with E-state index >= 15 is 0 Å². The van der Waals surface area contributed by atoms with Gasteiger partial charge in [-0.2, -0.15) is 0 Å². The van der Waals surface area contributed by atoms with E-state index in [0.29, 0.717) is 0 Å². The van der Waals surface area contributed by atoms with Crippen molar-refractivity contribution >= 4 is 0 Å². The average molecular weight is 253 g/mol. The van der Waals surface area contributed by atoms with Crippen LogP contribution in [0, 0.1) is 0 Å². The number of aryl methyl sites for hydroxylation is 2. The Balaban J connectivity index is 2.44. The molecule has 0 aliphatic carbocycles. The van der Waals surface area contributed by atoms with Gasteiger partial charge in [-0.3, -0.25) is 0 Å². The molecular formula is C18H23N. The molecule has 0 spiro atoms. The van der Waals surface area contributed by atoms with Gasteiger partial charge in [0.15, 0.2) is 0 Å². The first-order valence-corrected chi connectivity index (χ1v) is 7.13. The van der Waals surface area contributed by atoms with Crippen molar-refractivity contribution in [2.45, 2.75) is 39.7 Å². The van der Waals surface area contributed by atoms with Gasteiger partial charge in [0.05, 0.1) is 0 Å². The third kappa shape index (κ3) is 3.05. The first-order valence-electron chi connectivity index (χ1n) is 7.13. The molecule has 0 radical (unpaired) electrons. The van der Waals surface area contributed by atoms with E-state index in [0.717, 1.165) is 12.8 Å². The van der Waals surface area contributed by atoms with E-state index in [-0.39, 0.29) is 6.04 Å². The third-order valence-electron chi connectivity index (χ3n) is 3.71. The Hall–Kier alpha value is -1.60. The lowest BCUT2D eigenvalue weighted by atomic mass is 9.94. The van der Waals surface area contributed by atoms with E-state index in [1.807, 2.05) is 6.92 Å². The molecule has 0 saturated heterocycles. The van der Waals surface area contributed by atoms with Crippen LogP contribution in [0.4, 0.5) is 0 Å². The van der Waals surface area contributed by atoms with Crippen molar-refractivity contribution in [3.8, 4) is 11.1 Å². The fourth-order valence-corrected chi connectivity index (χ4v) is 2.39. The van der Waals surface area contributed by atoms with Gasteiger partial charge in [-0.25, -0.2) is 0 Å². The lowest BCUT2D eigenvalue weighted by Gasteiger charge is -2.12. The molecule has 100 valence electrons. The maximum Gasteiger partial charge on any atom is 0.0266 e. The van der Waals surface area contributed by atoms with E-state index in [1.54, 1.807) is 0 Å². The zero-order chi connectivity index (χ0) is 13.8. The van der Waals surface area contributed by atoms with Crippen LogP contribution in [0.3, 0.4) is 0 Å². The highest BCUT2D eigenvalue weighted by Gasteiger charge is 2.06. The standard InChI is InChI=1S/C18H23N/c1-4-14-6-7-15(5-2)18(12-14)17-10-8-16(9-11-17)13(3)19/h6-13H,4-5,19H2,1-3H3. The van der Waals surface area contributed by atoms with Gasteiger partial charge in [-0.15, -0.1) is 0 Å². The molecule has 2 N–H and O–H groups in total. The Labute approximate surface area is 116 Å². The minimum absolute atomic E-state index is 0.0988. The molecule has 0 fully saturated rings. The number of rotatable bonds is 4. The molecule has 1 unspecified atom stereocenters. The average Bonchev–Trinajstić information content (AvgIpc) is 2.46. The van der Waals surface area contributed by atoms with Crippen molar-refractivity contribution in [3.63, 3.8) is 0 Å². The van der Waals surface area contributed by atoms with Gasteiger partial charge in [-0.05, 0) is 47.6 Å². The molecule has 0 aliphatic heterocycles. The first-order chi connectivity index (χ1) is 9.15.